The number of nitrogens with two attached hydrogens (primary N) is 1. The molecule has 0 amide bonds. The van der Waals surface area contributed by atoms with Crippen molar-refractivity contribution >= 4 is 0 Å². The van der Waals surface area contributed by atoms with E-state index in [4.69, 9.17) is 5.73 Å². The normalized spacial score (nSPS) is 11.2. The van der Waals surface area contributed by atoms with Crippen LogP contribution in [0.15, 0.2) is 0 Å². The van der Waals surface area contributed by atoms with Crippen LogP contribution in [0.2, 0.25) is 0 Å². The summed E-state index contributed by atoms with van der Waals surface area (Å²) in [6, 6.07) is 0. The second-order valence-electron chi connectivity index (χ2n) is 4.13. The monoisotopic (exact) mass is 230 g/mol. The van der Waals surface area contributed by atoms with Gasteiger partial charge >= 0.3 is 0 Å². The largest absolute Gasteiger partial charge is 0.329 e. The summed E-state index contributed by atoms with van der Waals surface area (Å²) in [6.45, 7) is 12.8. The van der Waals surface area contributed by atoms with Gasteiger partial charge < -0.3 is 21.3 Å². The van der Waals surface area contributed by atoms with Crippen LogP contribution in [-0.2, 0) is 0 Å². The van der Waals surface area contributed by atoms with Crippen molar-refractivity contribution in [2.45, 2.75) is 26.7 Å². The number of rotatable bonds is 12. The van der Waals surface area contributed by atoms with Crippen LogP contribution in [0.25, 0.3) is 0 Å². The van der Waals surface area contributed by atoms with Gasteiger partial charge in [0.2, 0.25) is 0 Å². The van der Waals surface area contributed by atoms with E-state index in [1.165, 1.54) is 19.4 Å². The zero-order valence-electron chi connectivity index (χ0n) is 11.1. The lowest BCUT2D eigenvalue weighted by atomic mass is 10.3. The second-order valence-corrected chi connectivity index (χ2v) is 4.13. The third kappa shape index (κ3) is 10.4. The van der Waals surface area contributed by atoms with Crippen molar-refractivity contribution in [2.75, 3.05) is 52.4 Å². The van der Waals surface area contributed by atoms with E-state index in [2.05, 4.69) is 29.4 Å². The number of nitrogens with zero attached hydrogens (tertiary/aromatic N) is 1. The fraction of sp³-hybridized carbons (Fsp3) is 1.00. The molecule has 0 aliphatic carbocycles. The van der Waals surface area contributed by atoms with Crippen LogP contribution in [0.1, 0.15) is 26.7 Å². The standard InChI is InChI=1S/C12H30N4/c1-3-6-14-8-11-16(10-4-2)12-9-15-7-5-13/h14-15H,3-13H2,1-2H3. The Morgan fingerprint density at radius 1 is 0.812 bits per heavy atom. The minimum atomic E-state index is 0.728. The first kappa shape index (κ1) is 15.8. The average molecular weight is 230 g/mol. The van der Waals surface area contributed by atoms with Crippen molar-refractivity contribution in [3.63, 3.8) is 0 Å². The molecule has 4 nitrogen and oxygen atoms in total. The molecule has 0 aliphatic rings. The maximum absolute atomic E-state index is 5.43. The molecule has 0 aliphatic heterocycles. The lowest BCUT2D eigenvalue weighted by Crippen LogP contribution is -2.38. The van der Waals surface area contributed by atoms with Gasteiger partial charge in [-0.1, -0.05) is 13.8 Å². The van der Waals surface area contributed by atoms with E-state index in [9.17, 15) is 0 Å². The van der Waals surface area contributed by atoms with Crippen LogP contribution < -0.4 is 16.4 Å². The summed E-state index contributed by atoms with van der Waals surface area (Å²) in [5, 5.41) is 6.78. The van der Waals surface area contributed by atoms with Gasteiger partial charge in [0.05, 0.1) is 0 Å². The van der Waals surface area contributed by atoms with E-state index >= 15 is 0 Å². The van der Waals surface area contributed by atoms with Crippen LogP contribution >= 0.6 is 0 Å². The summed E-state index contributed by atoms with van der Waals surface area (Å²) in [5.41, 5.74) is 5.43. The number of nitrogens with one attached hydrogen (secondary N) is 2. The number of hydrogen-bond donors (Lipinski definition) is 3. The Labute approximate surface area is 101 Å². The Bertz CT molecular complexity index is 118. The fourth-order valence-corrected chi connectivity index (χ4v) is 1.65. The Morgan fingerprint density at radius 2 is 1.44 bits per heavy atom. The molecule has 0 saturated carbocycles. The molecule has 0 saturated heterocycles. The Hall–Kier alpha value is -0.160. The minimum absolute atomic E-state index is 0.728. The average Bonchev–Trinajstić information content (AvgIpc) is 2.30. The third-order valence-corrected chi connectivity index (χ3v) is 2.50. The van der Waals surface area contributed by atoms with Crippen molar-refractivity contribution < 1.29 is 0 Å². The molecule has 0 unspecified atom stereocenters. The van der Waals surface area contributed by atoms with Gasteiger partial charge in [0, 0.05) is 39.3 Å². The molecule has 16 heavy (non-hydrogen) atoms. The molecule has 0 aromatic rings. The molecule has 0 aromatic heterocycles. The Morgan fingerprint density at radius 3 is 1.94 bits per heavy atom. The first-order valence-corrected chi connectivity index (χ1v) is 6.69. The first-order chi connectivity index (χ1) is 7.85. The minimum Gasteiger partial charge on any atom is -0.329 e. The molecular formula is C12H30N4. The number of hydrogen-bond acceptors (Lipinski definition) is 4. The van der Waals surface area contributed by atoms with Crippen LogP contribution in [-0.4, -0.2) is 57.3 Å². The SMILES string of the molecule is CCCNCCN(CCC)CCNCCN. The molecule has 0 atom stereocenters. The van der Waals surface area contributed by atoms with Gasteiger partial charge in [-0.3, -0.25) is 0 Å². The highest BCUT2D eigenvalue weighted by Gasteiger charge is 2.02. The van der Waals surface area contributed by atoms with E-state index in [-0.39, 0.29) is 0 Å². The highest BCUT2D eigenvalue weighted by molar-refractivity contribution is 4.61. The van der Waals surface area contributed by atoms with Crippen LogP contribution in [0.4, 0.5) is 0 Å². The van der Waals surface area contributed by atoms with E-state index in [0.717, 1.165) is 45.8 Å². The van der Waals surface area contributed by atoms with Gasteiger partial charge in [0.15, 0.2) is 0 Å². The summed E-state index contributed by atoms with van der Waals surface area (Å²) in [4.78, 5) is 2.51. The van der Waals surface area contributed by atoms with E-state index < -0.39 is 0 Å². The summed E-state index contributed by atoms with van der Waals surface area (Å²) in [7, 11) is 0. The summed E-state index contributed by atoms with van der Waals surface area (Å²) >= 11 is 0. The lowest BCUT2D eigenvalue weighted by Gasteiger charge is -2.22. The fourth-order valence-electron chi connectivity index (χ4n) is 1.65. The van der Waals surface area contributed by atoms with E-state index in [1.54, 1.807) is 0 Å². The van der Waals surface area contributed by atoms with E-state index in [0.29, 0.717) is 0 Å². The molecule has 0 bridgehead atoms. The molecule has 4 N–H and O–H groups in total. The van der Waals surface area contributed by atoms with Gasteiger partial charge in [-0.2, -0.15) is 0 Å². The maximum Gasteiger partial charge on any atom is 0.0107 e. The van der Waals surface area contributed by atoms with Crippen molar-refractivity contribution in [3.8, 4) is 0 Å². The van der Waals surface area contributed by atoms with Crippen LogP contribution in [0, 0.1) is 0 Å². The molecule has 0 radical (unpaired) electrons. The topological polar surface area (TPSA) is 53.3 Å². The van der Waals surface area contributed by atoms with Gasteiger partial charge in [-0.25, -0.2) is 0 Å². The molecule has 0 fully saturated rings. The molecule has 98 valence electrons. The first-order valence-electron chi connectivity index (χ1n) is 6.69. The van der Waals surface area contributed by atoms with Gasteiger partial charge in [0.1, 0.15) is 0 Å². The van der Waals surface area contributed by atoms with Gasteiger partial charge in [-0.15, -0.1) is 0 Å². The van der Waals surface area contributed by atoms with Crippen molar-refractivity contribution in [1.29, 1.82) is 0 Å². The van der Waals surface area contributed by atoms with Crippen molar-refractivity contribution in [3.05, 3.63) is 0 Å². The molecule has 0 rings (SSSR count). The zero-order chi connectivity index (χ0) is 12.1. The smallest absolute Gasteiger partial charge is 0.0107 e. The molecule has 0 heterocycles. The maximum atomic E-state index is 5.43. The highest BCUT2D eigenvalue weighted by Crippen LogP contribution is 1.89. The summed E-state index contributed by atoms with van der Waals surface area (Å²) in [6.07, 6.45) is 2.44. The van der Waals surface area contributed by atoms with Crippen LogP contribution in [0.5, 0.6) is 0 Å². The second kappa shape index (κ2) is 12.9. The molecular weight excluding hydrogens is 200 g/mol. The predicted molar refractivity (Wildman–Crippen MR) is 71.8 cm³/mol. The summed E-state index contributed by atoms with van der Waals surface area (Å²) < 4.78 is 0. The molecule has 4 heteroatoms. The van der Waals surface area contributed by atoms with Crippen LogP contribution in [0.3, 0.4) is 0 Å². The van der Waals surface area contributed by atoms with Crippen molar-refractivity contribution in [1.82, 2.24) is 15.5 Å². The quantitative estimate of drug-likeness (QED) is 0.421. The lowest BCUT2D eigenvalue weighted by molar-refractivity contribution is 0.273. The van der Waals surface area contributed by atoms with Gasteiger partial charge in [-0.05, 0) is 25.9 Å². The highest BCUT2D eigenvalue weighted by atomic mass is 15.1. The molecule has 0 aromatic carbocycles. The van der Waals surface area contributed by atoms with Crippen molar-refractivity contribution in [2.24, 2.45) is 5.73 Å². The Kier molecular flexibility index (Phi) is 12.8. The van der Waals surface area contributed by atoms with Gasteiger partial charge in [0.25, 0.3) is 0 Å². The zero-order valence-corrected chi connectivity index (χ0v) is 11.1. The van der Waals surface area contributed by atoms with E-state index in [1.807, 2.05) is 0 Å². The molecule has 0 spiro atoms. The Balaban J connectivity index is 3.45. The third-order valence-electron chi connectivity index (χ3n) is 2.50. The predicted octanol–water partition coefficient (Wildman–Crippen LogP) is 0.246. The summed E-state index contributed by atoms with van der Waals surface area (Å²) in [5.74, 6) is 0.